The van der Waals surface area contributed by atoms with E-state index in [1.54, 1.807) is 29.3 Å². The van der Waals surface area contributed by atoms with E-state index in [0.29, 0.717) is 28.7 Å². The van der Waals surface area contributed by atoms with Crippen molar-refractivity contribution >= 4 is 29.1 Å². The Hall–Kier alpha value is -3.32. The molecule has 0 spiro atoms. The summed E-state index contributed by atoms with van der Waals surface area (Å²) in [7, 11) is 0. The monoisotopic (exact) mass is 391 g/mol. The van der Waals surface area contributed by atoms with Crippen molar-refractivity contribution in [3.63, 3.8) is 0 Å². The second-order valence-corrected chi connectivity index (χ2v) is 6.46. The number of para-hydroxylation sites is 1. The van der Waals surface area contributed by atoms with E-state index in [2.05, 4.69) is 17.2 Å². The zero-order valence-corrected chi connectivity index (χ0v) is 16.0. The molecule has 0 aliphatic carbocycles. The Kier molecular flexibility index (Phi) is 5.96. The van der Waals surface area contributed by atoms with E-state index >= 15 is 0 Å². The highest BCUT2D eigenvalue weighted by molar-refractivity contribution is 6.32. The molecular weight excluding hydrogens is 374 g/mol. The Morgan fingerprint density at radius 2 is 2.04 bits per heavy atom. The summed E-state index contributed by atoms with van der Waals surface area (Å²) in [5.41, 5.74) is 8.30. The first kappa shape index (κ1) is 19.4. The van der Waals surface area contributed by atoms with Crippen molar-refractivity contribution in [3.8, 4) is 17.9 Å². The molecule has 3 rings (SSSR count). The van der Waals surface area contributed by atoms with Crippen molar-refractivity contribution in [3.05, 3.63) is 64.7 Å². The Morgan fingerprint density at radius 3 is 2.64 bits per heavy atom. The molecule has 2 N–H and O–H groups in total. The molecule has 1 aliphatic heterocycles. The van der Waals surface area contributed by atoms with Crippen LogP contribution in [0.3, 0.4) is 0 Å². The Morgan fingerprint density at radius 1 is 1.29 bits per heavy atom. The van der Waals surface area contributed by atoms with Crippen LogP contribution in [0.2, 0.25) is 5.02 Å². The van der Waals surface area contributed by atoms with E-state index in [1.807, 2.05) is 37.3 Å². The van der Waals surface area contributed by atoms with Gasteiger partial charge in [0, 0.05) is 0 Å². The number of rotatable bonds is 5. The summed E-state index contributed by atoms with van der Waals surface area (Å²) in [6, 6.07) is 18.8. The fraction of sp³-hybridized carbons (Fsp3) is 0.190. The predicted molar refractivity (Wildman–Crippen MR) is 110 cm³/mol. The van der Waals surface area contributed by atoms with Gasteiger partial charge in [0.05, 0.1) is 34.7 Å². The average molecular weight is 392 g/mol. The van der Waals surface area contributed by atoms with Crippen molar-refractivity contribution in [2.24, 2.45) is 16.8 Å². The van der Waals surface area contributed by atoms with Gasteiger partial charge >= 0.3 is 0 Å². The number of ether oxygens (including phenoxy) is 1. The van der Waals surface area contributed by atoms with E-state index in [4.69, 9.17) is 22.1 Å². The number of benzene rings is 2. The van der Waals surface area contributed by atoms with Crippen LogP contribution < -0.4 is 15.5 Å². The van der Waals surface area contributed by atoms with Crippen molar-refractivity contribution in [1.82, 2.24) is 0 Å². The molecule has 0 fully saturated rings. The maximum Gasteiger partial charge on any atom is 0.137 e. The predicted octanol–water partition coefficient (Wildman–Crippen LogP) is 3.95. The van der Waals surface area contributed by atoms with Crippen LogP contribution in [0.15, 0.2) is 59.2 Å². The molecule has 0 unspecified atom stereocenters. The van der Waals surface area contributed by atoms with E-state index in [-0.39, 0.29) is 5.57 Å². The molecule has 2 aromatic carbocycles. The number of nitrogens with two attached hydrogens (primary N) is 1. The van der Waals surface area contributed by atoms with Crippen molar-refractivity contribution in [1.29, 1.82) is 10.5 Å². The van der Waals surface area contributed by atoms with E-state index < -0.39 is 12.1 Å². The van der Waals surface area contributed by atoms with Crippen LogP contribution in [-0.2, 0) is 0 Å². The molecular formula is C21H18ClN5O. The number of hydrogen-bond acceptors (Lipinski definition) is 6. The fourth-order valence-electron chi connectivity index (χ4n) is 2.93. The Balaban J connectivity index is 1.99. The second kappa shape index (κ2) is 8.58. The van der Waals surface area contributed by atoms with E-state index in [1.165, 1.54) is 0 Å². The van der Waals surface area contributed by atoms with Crippen LogP contribution in [-0.4, -0.2) is 18.5 Å². The number of nitrogens with zero attached hydrogens (tertiary/aromatic N) is 4. The lowest BCUT2D eigenvalue weighted by Crippen LogP contribution is -2.40. The summed E-state index contributed by atoms with van der Waals surface area (Å²) in [4.78, 5) is 0. The summed E-state index contributed by atoms with van der Waals surface area (Å²) >= 11 is 6.23. The number of nitriles is 2. The number of hydrazone groups is 1. The number of allylic oxidation sites excluding steroid dienone is 1. The minimum atomic E-state index is -0.732. The largest absolute Gasteiger partial charge is 0.492 e. The first-order valence-electron chi connectivity index (χ1n) is 8.71. The van der Waals surface area contributed by atoms with Crippen LogP contribution in [0.1, 0.15) is 12.5 Å². The first-order chi connectivity index (χ1) is 13.6. The molecule has 0 saturated heterocycles. The van der Waals surface area contributed by atoms with Crippen molar-refractivity contribution in [2.75, 3.05) is 11.6 Å². The summed E-state index contributed by atoms with van der Waals surface area (Å²) in [6.07, 6.45) is 0.967. The smallest absolute Gasteiger partial charge is 0.137 e. The van der Waals surface area contributed by atoms with Gasteiger partial charge < -0.3 is 10.5 Å². The Bertz CT molecular complexity index is 1000. The summed E-state index contributed by atoms with van der Waals surface area (Å²) < 4.78 is 5.43. The summed E-state index contributed by atoms with van der Waals surface area (Å²) in [5.74, 6) is -0.158. The molecule has 2 aromatic rings. The topological polar surface area (TPSA) is 98.4 Å². The maximum atomic E-state index is 9.69. The molecule has 0 aromatic heterocycles. The van der Waals surface area contributed by atoms with Gasteiger partial charge in [0.2, 0.25) is 0 Å². The standard InChI is InChI=1S/C21H18ClN5O/c1-2-28-19-9-8-14(11-18(19)22)10-15(12-23)20-17(13-24)21(25)27(26-20)16-6-4-3-5-7-16/h3-11,17,21H,2,25H2,1H3/b15-10-/t17-,21+/m0/s1. The van der Waals surface area contributed by atoms with Gasteiger partial charge in [-0.2, -0.15) is 15.6 Å². The number of hydrogen-bond donors (Lipinski definition) is 1. The van der Waals surface area contributed by atoms with Crippen LogP contribution in [0, 0.1) is 28.6 Å². The zero-order chi connectivity index (χ0) is 20.1. The van der Waals surface area contributed by atoms with Gasteiger partial charge in [-0.25, -0.2) is 5.01 Å². The molecule has 28 heavy (non-hydrogen) atoms. The number of halogens is 1. The fourth-order valence-corrected chi connectivity index (χ4v) is 3.17. The molecule has 2 atom stereocenters. The SMILES string of the molecule is CCOc1ccc(/C=C(/C#N)C2=NN(c3ccccc3)[C@@H](N)[C@H]2C#N)cc1Cl. The van der Waals surface area contributed by atoms with Gasteiger partial charge in [0.25, 0.3) is 0 Å². The normalized spacial score (nSPS) is 19.0. The third kappa shape index (κ3) is 3.84. The van der Waals surface area contributed by atoms with Gasteiger partial charge in [0.15, 0.2) is 0 Å². The van der Waals surface area contributed by atoms with Crippen LogP contribution in [0.5, 0.6) is 5.75 Å². The van der Waals surface area contributed by atoms with Crippen LogP contribution in [0.4, 0.5) is 5.69 Å². The minimum Gasteiger partial charge on any atom is -0.492 e. The second-order valence-electron chi connectivity index (χ2n) is 6.06. The highest BCUT2D eigenvalue weighted by Crippen LogP contribution is 2.30. The lowest BCUT2D eigenvalue weighted by Gasteiger charge is -2.21. The van der Waals surface area contributed by atoms with Gasteiger partial charge in [-0.3, -0.25) is 0 Å². The minimum absolute atomic E-state index is 0.264. The third-order valence-corrected chi connectivity index (χ3v) is 4.55. The Labute approximate surface area is 168 Å². The molecule has 140 valence electrons. The van der Waals surface area contributed by atoms with Crippen LogP contribution in [0.25, 0.3) is 6.08 Å². The highest BCUT2D eigenvalue weighted by atomic mass is 35.5. The van der Waals surface area contributed by atoms with E-state index in [9.17, 15) is 10.5 Å². The molecule has 1 heterocycles. The lowest BCUT2D eigenvalue weighted by molar-refractivity contribution is 0.340. The maximum absolute atomic E-state index is 9.69. The molecule has 6 nitrogen and oxygen atoms in total. The molecule has 0 bridgehead atoms. The van der Waals surface area contributed by atoms with Crippen molar-refractivity contribution in [2.45, 2.75) is 13.1 Å². The highest BCUT2D eigenvalue weighted by Gasteiger charge is 2.37. The number of anilines is 1. The third-order valence-electron chi connectivity index (χ3n) is 4.26. The molecule has 0 radical (unpaired) electrons. The zero-order valence-electron chi connectivity index (χ0n) is 15.2. The average Bonchev–Trinajstić information content (AvgIpc) is 3.05. The lowest BCUT2D eigenvalue weighted by atomic mass is 9.95. The van der Waals surface area contributed by atoms with Gasteiger partial charge in [-0.1, -0.05) is 35.9 Å². The first-order valence-corrected chi connectivity index (χ1v) is 9.09. The summed E-state index contributed by atoms with van der Waals surface area (Å²) in [6.45, 7) is 2.38. The molecule has 0 saturated carbocycles. The van der Waals surface area contributed by atoms with Crippen LogP contribution >= 0.6 is 11.6 Å². The molecule has 0 amide bonds. The summed E-state index contributed by atoms with van der Waals surface area (Å²) in [5, 5.41) is 25.8. The van der Waals surface area contributed by atoms with Gasteiger partial charge in [0.1, 0.15) is 23.9 Å². The quantitative estimate of drug-likeness (QED) is 0.778. The van der Waals surface area contributed by atoms with Gasteiger partial charge in [-0.15, -0.1) is 0 Å². The van der Waals surface area contributed by atoms with Gasteiger partial charge in [-0.05, 0) is 42.8 Å². The molecule has 1 aliphatic rings. The van der Waals surface area contributed by atoms with E-state index in [0.717, 1.165) is 5.69 Å². The van der Waals surface area contributed by atoms with Crippen molar-refractivity contribution < 1.29 is 4.74 Å². The molecule has 7 heteroatoms.